The van der Waals surface area contributed by atoms with Crippen molar-refractivity contribution in [2.24, 2.45) is 0 Å². The zero-order chi connectivity index (χ0) is 19.9. The quantitative estimate of drug-likeness (QED) is 0.221. The summed E-state index contributed by atoms with van der Waals surface area (Å²) in [5.41, 5.74) is 18.9. The number of hydrogen-bond donors (Lipinski definition) is 0. The molecule has 0 saturated heterocycles. The van der Waals surface area contributed by atoms with Crippen LogP contribution in [-0.2, 0) is 22.9 Å². The smallest absolute Gasteiger partial charge is 0.210 e. The normalized spacial score (nSPS) is 13.5. The Labute approximate surface area is 186 Å². The average Bonchev–Trinajstić information content (AvgIpc) is 3.03. The fourth-order valence-corrected chi connectivity index (χ4v) is 3.88. The number of allylic oxidation sites excluding steroid dienone is 2. The van der Waals surface area contributed by atoms with E-state index in [1.807, 2.05) is 0 Å². The zero-order valence-corrected chi connectivity index (χ0v) is 18.8. The minimum atomic E-state index is 0. The van der Waals surface area contributed by atoms with Crippen molar-refractivity contribution in [1.82, 2.24) is 0 Å². The van der Waals surface area contributed by atoms with Gasteiger partial charge in [-0.1, -0.05) is 62.9 Å². The summed E-state index contributed by atoms with van der Waals surface area (Å²) in [6, 6.07) is 17.1. The molecule has 0 radical (unpaired) electrons. The van der Waals surface area contributed by atoms with Gasteiger partial charge in [0.25, 0.3) is 0 Å². The molecular formula is C26H32N2Ni. The van der Waals surface area contributed by atoms with Gasteiger partial charge in [-0.25, -0.2) is 4.70 Å². The van der Waals surface area contributed by atoms with Gasteiger partial charge in [-0.15, -0.1) is 0 Å². The molecule has 0 aliphatic carbocycles. The number of aryl methyl sites for hydroxylation is 2. The standard InChI is InChI=1S/C26H32N2.Ni/c1-4-6-8-14-24-19-25(22-15-10-13-21(18-22)12-7-5-2)28(27)26(24)23-16-9-11-20(3)17-23;/h9-11,13,15-19H,4-8,12,14H2,1-3H3;. The summed E-state index contributed by atoms with van der Waals surface area (Å²) in [6.07, 6.45) is 10.2. The van der Waals surface area contributed by atoms with Gasteiger partial charge in [0.05, 0.1) is 0 Å². The van der Waals surface area contributed by atoms with Crippen LogP contribution in [0.5, 0.6) is 0 Å². The van der Waals surface area contributed by atoms with Gasteiger partial charge in [0, 0.05) is 39.3 Å². The molecule has 2 aromatic rings. The van der Waals surface area contributed by atoms with Crippen LogP contribution in [0.25, 0.3) is 16.9 Å². The predicted octanol–water partition coefficient (Wildman–Crippen LogP) is 7.72. The van der Waals surface area contributed by atoms with E-state index in [9.17, 15) is 5.53 Å². The summed E-state index contributed by atoms with van der Waals surface area (Å²) >= 11 is 0. The number of rotatable bonds is 9. The van der Waals surface area contributed by atoms with Crippen LogP contribution < -0.4 is 0 Å². The Kier molecular flexibility index (Phi) is 9.05. The van der Waals surface area contributed by atoms with Gasteiger partial charge in [-0.05, 0) is 62.4 Å². The molecule has 2 nitrogen and oxygen atoms in total. The molecule has 0 bridgehead atoms. The third-order valence-corrected chi connectivity index (χ3v) is 5.44. The van der Waals surface area contributed by atoms with Gasteiger partial charge >= 0.3 is 0 Å². The molecule has 0 N–H and O–H groups in total. The number of hydrogen-bond acceptors (Lipinski definition) is 0. The first-order valence-corrected chi connectivity index (χ1v) is 10.7. The van der Waals surface area contributed by atoms with E-state index >= 15 is 0 Å². The molecule has 0 atom stereocenters. The molecule has 3 heteroatoms. The SMILES string of the molecule is CCCCCC1=C(c2cccc(C)c2)[N+](=[N-])C(c2cccc(CCCC)c2)=C1.[Ni]. The van der Waals surface area contributed by atoms with Crippen LogP contribution in [0.1, 0.15) is 74.6 Å². The van der Waals surface area contributed by atoms with Crippen LogP contribution in [-0.4, -0.2) is 4.70 Å². The maximum absolute atomic E-state index is 11.1. The van der Waals surface area contributed by atoms with Gasteiger partial charge in [0.2, 0.25) is 11.4 Å². The van der Waals surface area contributed by atoms with Gasteiger partial charge in [-0.3, -0.25) is 0 Å². The Morgan fingerprint density at radius 1 is 0.828 bits per heavy atom. The molecule has 156 valence electrons. The first-order valence-electron chi connectivity index (χ1n) is 10.7. The molecule has 3 rings (SSSR count). The van der Waals surface area contributed by atoms with E-state index in [-0.39, 0.29) is 16.5 Å². The summed E-state index contributed by atoms with van der Waals surface area (Å²) in [5, 5.41) is 0. The molecule has 0 spiro atoms. The molecule has 1 heterocycles. The van der Waals surface area contributed by atoms with E-state index in [2.05, 4.69) is 75.4 Å². The Bertz CT molecular complexity index is 908. The van der Waals surface area contributed by atoms with E-state index in [1.54, 1.807) is 0 Å². The third-order valence-electron chi connectivity index (χ3n) is 5.44. The van der Waals surface area contributed by atoms with Crippen LogP contribution in [0.3, 0.4) is 0 Å². The van der Waals surface area contributed by atoms with Gasteiger partial charge in [0.1, 0.15) is 0 Å². The summed E-state index contributed by atoms with van der Waals surface area (Å²) in [7, 11) is 0. The Morgan fingerprint density at radius 3 is 2.28 bits per heavy atom. The molecule has 1 aliphatic heterocycles. The second-order valence-corrected chi connectivity index (χ2v) is 7.85. The van der Waals surface area contributed by atoms with Crippen molar-refractivity contribution in [1.29, 1.82) is 0 Å². The summed E-state index contributed by atoms with van der Waals surface area (Å²) in [6.45, 7) is 6.55. The number of nitrogens with zero attached hydrogens (tertiary/aromatic N) is 2. The van der Waals surface area contributed by atoms with E-state index in [0.717, 1.165) is 41.8 Å². The third kappa shape index (κ3) is 5.76. The first-order chi connectivity index (χ1) is 13.6. The van der Waals surface area contributed by atoms with E-state index in [4.69, 9.17) is 0 Å². The van der Waals surface area contributed by atoms with Crippen molar-refractivity contribution in [2.45, 2.75) is 65.7 Å². The van der Waals surface area contributed by atoms with Crippen LogP contribution in [0.15, 0.2) is 60.2 Å². The zero-order valence-electron chi connectivity index (χ0n) is 17.9. The van der Waals surface area contributed by atoms with Crippen LogP contribution in [0.2, 0.25) is 0 Å². The van der Waals surface area contributed by atoms with Crippen LogP contribution in [0, 0.1) is 6.92 Å². The van der Waals surface area contributed by atoms with E-state index in [0.29, 0.717) is 0 Å². The minimum absolute atomic E-state index is 0. The number of unbranched alkanes of at least 4 members (excludes halogenated alkanes) is 3. The molecule has 1 aliphatic rings. The monoisotopic (exact) mass is 430 g/mol. The first kappa shape index (κ1) is 23.3. The van der Waals surface area contributed by atoms with Crippen molar-refractivity contribution in [2.75, 3.05) is 0 Å². The fourth-order valence-electron chi connectivity index (χ4n) is 3.88. The minimum Gasteiger partial charge on any atom is -0.493 e. The Morgan fingerprint density at radius 2 is 1.55 bits per heavy atom. The summed E-state index contributed by atoms with van der Waals surface area (Å²) < 4.78 is 1.41. The topological polar surface area (TPSA) is 25.3 Å². The van der Waals surface area contributed by atoms with E-state index < -0.39 is 0 Å². The second-order valence-electron chi connectivity index (χ2n) is 7.85. The van der Waals surface area contributed by atoms with Gasteiger partial charge in [-0.2, -0.15) is 0 Å². The molecule has 2 aromatic carbocycles. The van der Waals surface area contributed by atoms with Gasteiger partial charge in [0.15, 0.2) is 0 Å². The van der Waals surface area contributed by atoms with Crippen LogP contribution >= 0.6 is 0 Å². The Balaban J connectivity index is 0.00000300. The van der Waals surface area contributed by atoms with Crippen molar-refractivity contribution in [3.63, 3.8) is 0 Å². The molecule has 0 unspecified atom stereocenters. The largest absolute Gasteiger partial charge is 0.493 e. The van der Waals surface area contributed by atoms with Crippen molar-refractivity contribution < 1.29 is 21.2 Å². The number of benzene rings is 2. The average molecular weight is 431 g/mol. The maximum atomic E-state index is 11.1. The second kappa shape index (κ2) is 11.3. The summed E-state index contributed by atoms with van der Waals surface area (Å²) in [4.78, 5) is 0. The molecule has 0 amide bonds. The van der Waals surface area contributed by atoms with Crippen molar-refractivity contribution in [3.05, 3.63) is 88.0 Å². The maximum Gasteiger partial charge on any atom is 0.210 e. The molecular weight excluding hydrogens is 399 g/mol. The van der Waals surface area contributed by atoms with Crippen molar-refractivity contribution in [3.8, 4) is 0 Å². The van der Waals surface area contributed by atoms with E-state index in [1.165, 1.54) is 47.1 Å². The van der Waals surface area contributed by atoms with Gasteiger partial charge < -0.3 is 5.53 Å². The van der Waals surface area contributed by atoms with Crippen LogP contribution in [0.4, 0.5) is 0 Å². The van der Waals surface area contributed by atoms with Crippen molar-refractivity contribution >= 4 is 11.4 Å². The fraction of sp³-hybridized carbons (Fsp3) is 0.385. The Hall–Kier alpha value is -1.99. The molecule has 0 fully saturated rings. The molecule has 0 aromatic heterocycles. The summed E-state index contributed by atoms with van der Waals surface area (Å²) in [5.74, 6) is 0. The molecule has 0 saturated carbocycles. The molecule has 29 heavy (non-hydrogen) atoms. The predicted molar refractivity (Wildman–Crippen MR) is 119 cm³/mol.